The quantitative estimate of drug-likeness (QED) is 0.690. The first kappa shape index (κ1) is 15.1. The van der Waals surface area contributed by atoms with Crippen LogP contribution in [0.15, 0.2) is 0 Å². The lowest BCUT2D eigenvalue weighted by molar-refractivity contribution is -0.148. The summed E-state index contributed by atoms with van der Waals surface area (Å²) in [7, 11) is 1.49. The molecule has 0 radical (unpaired) electrons. The molecule has 2 unspecified atom stereocenters. The molecule has 0 aromatic heterocycles. The summed E-state index contributed by atoms with van der Waals surface area (Å²) in [5.74, 6) is 2.11. The summed E-state index contributed by atoms with van der Waals surface area (Å²) >= 11 is 1.82. The number of ether oxygens (including phenoxy) is 2. The fourth-order valence-electron chi connectivity index (χ4n) is 2.81. The van der Waals surface area contributed by atoms with Gasteiger partial charge in [0.05, 0.1) is 13.2 Å². The molecule has 19 heavy (non-hydrogen) atoms. The van der Waals surface area contributed by atoms with E-state index in [9.17, 15) is 4.79 Å². The number of rotatable bonds is 8. The predicted molar refractivity (Wildman–Crippen MR) is 77.4 cm³/mol. The number of thioether (sulfide) groups is 1. The molecule has 0 bridgehead atoms. The van der Waals surface area contributed by atoms with Crippen LogP contribution >= 0.6 is 11.8 Å². The third kappa shape index (κ3) is 3.64. The van der Waals surface area contributed by atoms with E-state index in [2.05, 4.69) is 5.32 Å². The Hall–Kier alpha value is -0.260. The second-order valence-corrected chi connectivity index (χ2v) is 6.45. The van der Waals surface area contributed by atoms with Gasteiger partial charge in [-0.05, 0) is 38.1 Å². The molecule has 0 aromatic rings. The largest absolute Gasteiger partial charge is 0.468 e. The Morgan fingerprint density at radius 2 is 2.26 bits per heavy atom. The fourth-order valence-corrected chi connectivity index (χ4v) is 4.23. The fraction of sp³-hybridized carbons (Fsp3) is 0.929. The van der Waals surface area contributed by atoms with Gasteiger partial charge in [0.2, 0.25) is 0 Å². The maximum atomic E-state index is 12.2. The van der Waals surface area contributed by atoms with Crippen LogP contribution in [-0.2, 0) is 14.3 Å². The van der Waals surface area contributed by atoms with Gasteiger partial charge in [0.1, 0.15) is 5.54 Å². The lowest BCUT2D eigenvalue weighted by atomic mass is 9.95. The molecule has 1 aliphatic carbocycles. The summed E-state index contributed by atoms with van der Waals surface area (Å²) < 4.78 is 10.7. The van der Waals surface area contributed by atoms with Crippen molar-refractivity contribution in [2.45, 2.75) is 44.2 Å². The summed E-state index contributed by atoms with van der Waals surface area (Å²) in [6.45, 7) is 3.74. The molecule has 2 fully saturated rings. The second kappa shape index (κ2) is 6.95. The average molecular weight is 287 g/mol. The molecular weight excluding hydrogens is 262 g/mol. The van der Waals surface area contributed by atoms with Crippen molar-refractivity contribution in [2.75, 3.05) is 31.8 Å². The van der Waals surface area contributed by atoms with E-state index in [1.54, 1.807) is 0 Å². The summed E-state index contributed by atoms with van der Waals surface area (Å²) in [4.78, 5) is 12.2. The second-order valence-electron chi connectivity index (χ2n) is 5.42. The molecule has 0 spiro atoms. The summed E-state index contributed by atoms with van der Waals surface area (Å²) in [5.41, 5.74) is -0.479. The first-order chi connectivity index (χ1) is 9.23. The minimum atomic E-state index is -0.479. The van der Waals surface area contributed by atoms with Crippen LogP contribution in [0.3, 0.4) is 0 Å². The zero-order valence-corrected chi connectivity index (χ0v) is 12.8. The number of esters is 1. The normalized spacial score (nSPS) is 26.1. The van der Waals surface area contributed by atoms with Gasteiger partial charge < -0.3 is 14.8 Å². The molecule has 1 saturated heterocycles. The number of hydrogen-bond acceptors (Lipinski definition) is 5. The lowest BCUT2D eigenvalue weighted by Gasteiger charge is -2.32. The molecule has 1 saturated carbocycles. The van der Waals surface area contributed by atoms with Gasteiger partial charge in [-0.15, -0.1) is 0 Å². The van der Waals surface area contributed by atoms with E-state index >= 15 is 0 Å². The third-order valence-electron chi connectivity index (χ3n) is 3.97. The van der Waals surface area contributed by atoms with E-state index in [4.69, 9.17) is 9.47 Å². The van der Waals surface area contributed by atoms with Crippen molar-refractivity contribution in [1.82, 2.24) is 5.32 Å². The molecule has 5 heteroatoms. The van der Waals surface area contributed by atoms with Crippen molar-refractivity contribution >= 4 is 17.7 Å². The molecule has 110 valence electrons. The van der Waals surface area contributed by atoms with Gasteiger partial charge in [0, 0.05) is 18.1 Å². The molecule has 1 N–H and O–H groups in total. The first-order valence-electron chi connectivity index (χ1n) is 7.25. The number of carbonyl (C=O) groups excluding carboxylic acids is 1. The van der Waals surface area contributed by atoms with Crippen molar-refractivity contribution in [1.29, 1.82) is 0 Å². The maximum absolute atomic E-state index is 12.2. The van der Waals surface area contributed by atoms with Gasteiger partial charge in [-0.2, -0.15) is 11.8 Å². The Morgan fingerprint density at radius 1 is 1.47 bits per heavy atom. The van der Waals surface area contributed by atoms with E-state index in [1.807, 2.05) is 18.7 Å². The lowest BCUT2D eigenvalue weighted by Crippen LogP contribution is -2.56. The van der Waals surface area contributed by atoms with Crippen LogP contribution in [0, 0.1) is 5.92 Å². The zero-order chi connectivity index (χ0) is 13.7. The van der Waals surface area contributed by atoms with Crippen LogP contribution in [0.5, 0.6) is 0 Å². The number of methoxy groups -OCH3 is 1. The van der Waals surface area contributed by atoms with E-state index in [1.165, 1.54) is 13.5 Å². The summed E-state index contributed by atoms with van der Waals surface area (Å²) in [6.07, 6.45) is 4.96. The molecule has 2 atom stereocenters. The Bertz CT molecular complexity index is 303. The van der Waals surface area contributed by atoms with E-state index in [0.29, 0.717) is 12.0 Å². The van der Waals surface area contributed by atoms with Gasteiger partial charge in [0.15, 0.2) is 0 Å². The number of carbonyl (C=O) groups is 1. The predicted octanol–water partition coefficient (Wildman–Crippen LogP) is 1.83. The molecule has 1 aliphatic heterocycles. The number of nitrogens with one attached hydrogen (secondary N) is 1. The zero-order valence-electron chi connectivity index (χ0n) is 11.9. The van der Waals surface area contributed by atoms with Crippen molar-refractivity contribution in [2.24, 2.45) is 5.92 Å². The highest BCUT2D eigenvalue weighted by Gasteiger charge is 2.51. The molecule has 4 nitrogen and oxygen atoms in total. The van der Waals surface area contributed by atoms with Crippen LogP contribution < -0.4 is 5.32 Å². The van der Waals surface area contributed by atoms with E-state index < -0.39 is 5.54 Å². The Kier molecular flexibility index (Phi) is 5.54. The third-order valence-corrected chi connectivity index (χ3v) is 5.24. The Morgan fingerprint density at radius 3 is 2.79 bits per heavy atom. The van der Waals surface area contributed by atoms with Crippen molar-refractivity contribution in [3.05, 3.63) is 0 Å². The highest BCUT2D eigenvalue weighted by Crippen LogP contribution is 2.42. The van der Waals surface area contributed by atoms with Gasteiger partial charge in [0.25, 0.3) is 0 Å². The highest BCUT2D eigenvalue weighted by atomic mass is 32.2. The maximum Gasteiger partial charge on any atom is 0.327 e. The monoisotopic (exact) mass is 287 g/mol. The van der Waals surface area contributed by atoms with E-state index in [0.717, 1.165) is 43.9 Å². The standard InChI is InChI=1S/C14H25NO3S/c1-3-15-14(11-6-7-11,13(16)17-2)10-19-9-12-5-4-8-18-12/h11-12,15H,3-10H2,1-2H3. The van der Waals surface area contributed by atoms with Gasteiger partial charge in [-0.3, -0.25) is 4.79 Å². The van der Waals surface area contributed by atoms with Crippen molar-refractivity contribution < 1.29 is 14.3 Å². The minimum absolute atomic E-state index is 0.100. The van der Waals surface area contributed by atoms with Crippen LogP contribution in [0.2, 0.25) is 0 Å². The molecule has 0 amide bonds. The molecule has 1 heterocycles. The van der Waals surface area contributed by atoms with Crippen LogP contribution in [-0.4, -0.2) is 49.4 Å². The Labute approximate surface area is 120 Å². The van der Waals surface area contributed by atoms with Gasteiger partial charge in [-0.25, -0.2) is 0 Å². The van der Waals surface area contributed by atoms with E-state index in [-0.39, 0.29) is 5.97 Å². The molecule has 2 rings (SSSR count). The highest BCUT2D eigenvalue weighted by molar-refractivity contribution is 7.99. The number of likely N-dealkylation sites (N-methyl/N-ethyl adjacent to an activating group) is 1. The van der Waals surface area contributed by atoms with Crippen molar-refractivity contribution in [3.8, 4) is 0 Å². The smallest absolute Gasteiger partial charge is 0.327 e. The SMILES string of the molecule is CCNC(CSCC1CCCO1)(C(=O)OC)C1CC1. The van der Waals surface area contributed by atoms with Crippen LogP contribution in [0.25, 0.3) is 0 Å². The minimum Gasteiger partial charge on any atom is -0.468 e. The Balaban J connectivity index is 1.90. The summed E-state index contributed by atoms with van der Waals surface area (Å²) in [5, 5.41) is 3.40. The first-order valence-corrected chi connectivity index (χ1v) is 8.41. The topological polar surface area (TPSA) is 47.6 Å². The number of hydrogen-bond donors (Lipinski definition) is 1. The van der Waals surface area contributed by atoms with Crippen LogP contribution in [0.1, 0.15) is 32.6 Å². The summed E-state index contributed by atoms with van der Waals surface area (Å²) in [6, 6.07) is 0. The van der Waals surface area contributed by atoms with Crippen LogP contribution in [0.4, 0.5) is 0 Å². The van der Waals surface area contributed by atoms with Gasteiger partial charge >= 0.3 is 5.97 Å². The molecule has 2 aliphatic rings. The molecule has 0 aromatic carbocycles. The molecular formula is C14H25NO3S. The van der Waals surface area contributed by atoms with Crippen molar-refractivity contribution in [3.63, 3.8) is 0 Å². The average Bonchev–Trinajstić information content (AvgIpc) is 3.15. The van der Waals surface area contributed by atoms with Gasteiger partial charge in [-0.1, -0.05) is 6.92 Å².